The zero-order valence-corrected chi connectivity index (χ0v) is 11.2. The van der Waals surface area contributed by atoms with Crippen LogP contribution in [0.4, 0.5) is 11.5 Å². The Morgan fingerprint density at radius 1 is 1.50 bits per heavy atom. The molecule has 0 saturated heterocycles. The van der Waals surface area contributed by atoms with Crippen LogP contribution >= 0.6 is 0 Å². The molecule has 7 nitrogen and oxygen atoms in total. The van der Waals surface area contributed by atoms with E-state index < -0.39 is 0 Å². The average molecular weight is 255 g/mol. The minimum Gasteiger partial charge on any atom is -0.350 e. The van der Waals surface area contributed by atoms with Gasteiger partial charge in [-0.2, -0.15) is 5.10 Å². The van der Waals surface area contributed by atoms with Gasteiger partial charge in [-0.15, -0.1) is 0 Å². The standard InChI is InChI=1S/C11H21N5O2/c1-4-7-15-11(14(5-2)8-6-12)10(16(17)18)9(3)13-15/h4-8,12H2,1-3H3. The first kappa shape index (κ1) is 14.4. The van der Waals surface area contributed by atoms with Crippen molar-refractivity contribution in [2.45, 2.75) is 33.7 Å². The molecule has 1 rings (SSSR count). The van der Waals surface area contributed by atoms with E-state index >= 15 is 0 Å². The summed E-state index contributed by atoms with van der Waals surface area (Å²) in [5.74, 6) is 0.576. The summed E-state index contributed by atoms with van der Waals surface area (Å²) in [6, 6.07) is 0. The summed E-state index contributed by atoms with van der Waals surface area (Å²) in [7, 11) is 0. The van der Waals surface area contributed by atoms with Crippen LogP contribution in [0.15, 0.2) is 0 Å². The fourth-order valence-electron chi connectivity index (χ4n) is 2.02. The predicted octanol–water partition coefficient (Wildman–Crippen LogP) is 1.29. The van der Waals surface area contributed by atoms with Gasteiger partial charge in [0.05, 0.1) is 4.92 Å². The van der Waals surface area contributed by atoms with Crippen molar-refractivity contribution in [1.82, 2.24) is 9.78 Å². The molecule has 7 heteroatoms. The molecule has 0 amide bonds. The lowest BCUT2D eigenvalue weighted by atomic mass is 10.3. The number of nitrogens with zero attached hydrogens (tertiary/aromatic N) is 4. The van der Waals surface area contributed by atoms with Crippen molar-refractivity contribution in [3.63, 3.8) is 0 Å². The van der Waals surface area contributed by atoms with Gasteiger partial charge in [-0.05, 0) is 20.3 Å². The molecule has 1 aromatic rings. The Morgan fingerprint density at radius 2 is 2.17 bits per heavy atom. The van der Waals surface area contributed by atoms with Gasteiger partial charge in [-0.1, -0.05) is 6.92 Å². The van der Waals surface area contributed by atoms with Crippen molar-refractivity contribution >= 4 is 11.5 Å². The van der Waals surface area contributed by atoms with Crippen molar-refractivity contribution in [3.05, 3.63) is 15.8 Å². The van der Waals surface area contributed by atoms with E-state index in [0.717, 1.165) is 6.42 Å². The Labute approximate surface area is 107 Å². The molecule has 1 aromatic heterocycles. The van der Waals surface area contributed by atoms with Gasteiger partial charge in [0.15, 0.2) is 0 Å². The average Bonchev–Trinajstić information content (AvgIpc) is 2.63. The van der Waals surface area contributed by atoms with Crippen molar-refractivity contribution in [2.75, 3.05) is 24.5 Å². The van der Waals surface area contributed by atoms with Gasteiger partial charge in [0.2, 0.25) is 5.82 Å². The monoisotopic (exact) mass is 255 g/mol. The highest BCUT2D eigenvalue weighted by molar-refractivity contribution is 5.61. The maximum Gasteiger partial charge on any atom is 0.333 e. The van der Waals surface area contributed by atoms with Crippen LogP contribution in [0, 0.1) is 17.0 Å². The number of likely N-dealkylation sites (N-methyl/N-ethyl adjacent to an activating group) is 1. The first-order chi connectivity index (χ1) is 8.56. The summed E-state index contributed by atoms with van der Waals surface area (Å²) in [6.45, 7) is 8.04. The molecule has 0 radical (unpaired) electrons. The summed E-state index contributed by atoms with van der Waals surface area (Å²) < 4.78 is 1.71. The van der Waals surface area contributed by atoms with Crippen LogP contribution < -0.4 is 10.6 Å². The fourth-order valence-corrected chi connectivity index (χ4v) is 2.02. The molecule has 0 aliphatic rings. The van der Waals surface area contributed by atoms with Crippen LogP contribution in [-0.2, 0) is 6.54 Å². The second-order valence-corrected chi connectivity index (χ2v) is 4.11. The van der Waals surface area contributed by atoms with Crippen molar-refractivity contribution in [2.24, 2.45) is 5.73 Å². The summed E-state index contributed by atoms with van der Waals surface area (Å²) in [5, 5.41) is 15.4. The molecule has 0 aliphatic carbocycles. The molecule has 18 heavy (non-hydrogen) atoms. The van der Waals surface area contributed by atoms with E-state index in [2.05, 4.69) is 5.10 Å². The van der Waals surface area contributed by atoms with E-state index in [-0.39, 0.29) is 10.6 Å². The molecule has 0 fully saturated rings. The normalized spacial score (nSPS) is 10.7. The lowest BCUT2D eigenvalue weighted by Crippen LogP contribution is -2.31. The van der Waals surface area contributed by atoms with Gasteiger partial charge < -0.3 is 10.6 Å². The fraction of sp³-hybridized carbons (Fsp3) is 0.727. The Balaban J connectivity index is 3.29. The second kappa shape index (κ2) is 6.34. The molecule has 0 unspecified atom stereocenters. The summed E-state index contributed by atoms with van der Waals surface area (Å²) in [4.78, 5) is 12.7. The van der Waals surface area contributed by atoms with E-state index in [1.807, 2.05) is 18.7 Å². The molecule has 2 N–H and O–H groups in total. The molecule has 0 aromatic carbocycles. The largest absolute Gasteiger partial charge is 0.350 e. The molecular weight excluding hydrogens is 234 g/mol. The summed E-state index contributed by atoms with van der Waals surface area (Å²) in [6.07, 6.45) is 0.880. The number of nitro groups is 1. The maximum atomic E-state index is 11.2. The van der Waals surface area contributed by atoms with Crippen molar-refractivity contribution in [3.8, 4) is 0 Å². The van der Waals surface area contributed by atoms with E-state index in [1.165, 1.54) is 0 Å². The van der Waals surface area contributed by atoms with E-state index in [1.54, 1.807) is 11.6 Å². The topological polar surface area (TPSA) is 90.2 Å². The Morgan fingerprint density at radius 3 is 2.61 bits per heavy atom. The number of nitrogens with two attached hydrogens (primary N) is 1. The van der Waals surface area contributed by atoms with Gasteiger partial charge in [0, 0.05) is 26.2 Å². The quantitative estimate of drug-likeness (QED) is 0.585. The molecule has 0 saturated carbocycles. The molecular formula is C11H21N5O2. The lowest BCUT2D eigenvalue weighted by Gasteiger charge is -2.22. The lowest BCUT2D eigenvalue weighted by molar-refractivity contribution is -0.384. The van der Waals surface area contributed by atoms with Gasteiger partial charge >= 0.3 is 5.69 Å². The van der Waals surface area contributed by atoms with E-state index in [0.29, 0.717) is 37.7 Å². The van der Waals surface area contributed by atoms with E-state index in [4.69, 9.17) is 5.73 Å². The Kier molecular flexibility index (Phi) is 5.08. The third kappa shape index (κ3) is 2.79. The zero-order chi connectivity index (χ0) is 13.7. The molecule has 0 spiro atoms. The van der Waals surface area contributed by atoms with Gasteiger partial charge in [-0.3, -0.25) is 10.1 Å². The molecule has 0 bridgehead atoms. The van der Waals surface area contributed by atoms with Crippen LogP contribution in [0.2, 0.25) is 0 Å². The van der Waals surface area contributed by atoms with Crippen molar-refractivity contribution < 1.29 is 4.92 Å². The molecule has 0 atom stereocenters. The van der Waals surface area contributed by atoms with Crippen molar-refractivity contribution in [1.29, 1.82) is 0 Å². The molecule has 1 heterocycles. The summed E-state index contributed by atoms with van der Waals surface area (Å²) >= 11 is 0. The third-order valence-electron chi connectivity index (χ3n) is 2.77. The second-order valence-electron chi connectivity index (χ2n) is 4.11. The molecule has 0 aliphatic heterocycles. The van der Waals surface area contributed by atoms with Gasteiger partial charge in [0.25, 0.3) is 0 Å². The number of rotatable bonds is 7. The first-order valence-corrected chi connectivity index (χ1v) is 6.23. The SMILES string of the molecule is CCCn1nc(C)c([N+](=O)[O-])c1N(CC)CCN. The smallest absolute Gasteiger partial charge is 0.333 e. The molecule has 102 valence electrons. The van der Waals surface area contributed by atoms with Crippen LogP contribution in [0.3, 0.4) is 0 Å². The first-order valence-electron chi connectivity index (χ1n) is 6.23. The van der Waals surface area contributed by atoms with Crippen LogP contribution in [0.1, 0.15) is 26.0 Å². The third-order valence-corrected chi connectivity index (χ3v) is 2.77. The highest BCUT2D eigenvalue weighted by Crippen LogP contribution is 2.31. The number of aryl methyl sites for hydroxylation is 2. The maximum absolute atomic E-state index is 11.2. The zero-order valence-electron chi connectivity index (χ0n) is 11.2. The van der Waals surface area contributed by atoms with Gasteiger partial charge in [0.1, 0.15) is 5.69 Å². The number of hydrogen-bond donors (Lipinski definition) is 1. The summed E-state index contributed by atoms with van der Waals surface area (Å²) in [5.41, 5.74) is 6.11. The Bertz CT molecular complexity index is 416. The minimum absolute atomic E-state index is 0.0961. The number of hydrogen-bond acceptors (Lipinski definition) is 5. The van der Waals surface area contributed by atoms with Crippen LogP contribution in [0.5, 0.6) is 0 Å². The van der Waals surface area contributed by atoms with Crippen LogP contribution in [-0.4, -0.2) is 34.3 Å². The number of aromatic nitrogens is 2. The predicted molar refractivity (Wildman–Crippen MR) is 70.9 cm³/mol. The van der Waals surface area contributed by atoms with E-state index in [9.17, 15) is 10.1 Å². The number of anilines is 1. The highest BCUT2D eigenvalue weighted by atomic mass is 16.6. The van der Waals surface area contributed by atoms with Crippen LogP contribution in [0.25, 0.3) is 0 Å². The highest BCUT2D eigenvalue weighted by Gasteiger charge is 2.28. The van der Waals surface area contributed by atoms with Gasteiger partial charge in [-0.25, -0.2) is 4.68 Å². The Hall–Kier alpha value is -1.63. The minimum atomic E-state index is -0.358.